The van der Waals surface area contributed by atoms with E-state index in [4.69, 9.17) is 0 Å². The van der Waals surface area contributed by atoms with E-state index in [1.165, 1.54) is 22.1 Å². The zero-order chi connectivity index (χ0) is 26.0. The van der Waals surface area contributed by atoms with Crippen molar-refractivity contribution >= 4 is 26.8 Å². The number of pyridine rings is 1. The summed E-state index contributed by atoms with van der Waals surface area (Å²) in [5.74, 6) is 0.0945. The molecule has 4 rings (SSSR count). The number of amides is 1. The second-order valence-corrected chi connectivity index (χ2v) is 12.3. The third kappa shape index (κ3) is 5.55. The summed E-state index contributed by atoms with van der Waals surface area (Å²) >= 11 is 0. The van der Waals surface area contributed by atoms with Gasteiger partial charge < -0.3 is 9.88 Å². The molecule has 1 aliphatic heterocycles. The molecule has 192 valence electrons. The van der Waals surface area contributed by atoms with Crippen LogP contribution in [0, 0.1) is 11.8 Å². The van der Waals surface area contributed by atoms with Crippen molar-refractivity contribution in [1.29, 1.82) is 0 Å². The van der Waals surface area contributed by atoms with Crippen LogP contribution in [0.3, 0.4) is 0 Å². The lowest BCUT2D eigenvalue weighted by Crippen LogP contribution is -2.42. The Morgan fingerprint density at radius 3 is 2.42 bits per heavy atom. The van der Waals surface area contributed by atoms with Crippen molar-refractivity contribution in [2.75, 3.05) is 13.1 Å². The summed E-state index contributed by atoms with van der Waals surface area (Å²) in [5, 5.41) is 3.15. The van der Waals surface area contributed by atoms with Gasteiger partial charge in [-0.05, 0) is 61.8 Å². The van der Waals surface area contributed by atoms with Crippen molar-refractivity contribution < 1.29 is 13.2 Å². The fraction of sp³-hybridized carbons (Fsp3) is 0.429. The smallest absolute Gasteiger partial charge is 0.256 e. The lowest BCUT2D eigenvalue weighted by molar-refractivity contribution is 0.0937. The number of hydrogen-bond acceptors (Lipinski definition) is 4. The first-order valence-electron chi connectivity index (χ1n) is 12.5. The molecule has 0 spiro atoms. The Balaban J connectivity index is 1.59. The Morgan fingerprint density at radius 2 is 1.75 bits per heavy atom. The molecule has 3 atom stereocenters. The van der Waals surface area contributed by atoms with Gasteiger partial charge >= 0.3 is 0 Å². The number of sulfonamides is 1. The van der Waals surface area contributed by atoms with Gasteiger partial charge in [0, 0.05) is 37.8 Å². The summed E-state index contributed by atoms with van der Waals surface area (Å²) < 4.78 is 30.0. The molecule has 0 saturated carbocycles. The van der Waals surface area contributed by atoms with Gasteiger partial charge in [0.05, 0.1) is 10.4 Å². The zero-order valence-corrected chi connectivity index (χ0v) is 22.2. The molecule has 1 saturated heterocycles. The highest BCUT2D eigenvalue weighted by atomic mass is 32.2. The monoisotopic (exact) mass is 509 g/mol. The number of aromatic nitrogens is 1. The van der Waals surface area contributed by atoms with Gasteiger partial charge in [-0.25, -0.2) is 8.42 Å². The third-order valence-corrected chi connectivity index (χ3v) is 8.79. The first kappa shape index (κ1) is 26.1. The number of benzene rings is 2. The van der Waals surface area contributed by atoms with E-state index >= 15 is 0 Å². The lowest BCUT2D eigenvalue weighted by Gasteiger charge is -2.34. The standard InChI is InChI=1S/C28H35N3O4S/c1-19-14-20(2)17-31(16-19)36(34,35)23-12-13-26-24(15-23)27(32)25(18-30(26)4)28(33)29-21(3)10-11-22-8-6-5-7-9-22/h5-9,12-13,15,18-21H,10-11,14,16-17H2,1-4H3,(H,29,33)/t19-,20-,21+/m1/s1. The highest BCUT2D eigenvalue weighted by Gasteiger charge is 2.32. The summed E-state index contributed by atoms with van der Waals surface area (Å²) in [6, 6.07) is 14.5. The molecule has 1 fully saturated rings. The normalized spacial score (nSPS) is 19.8. The van der Waals surface area contributed by atoms with Gasteiger partial charge in [-0.2, -0.15) is 4.31 Å². The van der Waals surface area contributed by atoms with Gasteiger partial charge in [0.1, 0.15) is 5.56 Å². The number of nitrogens with one attached hydrogen (secondary N) is 1. The topological polar surface area (TPSA) is 88.5 Å². The minimum Gasteiger partial charge on any atom is -0.350 e. The number of aryl methyl sites for hydroxylation is 2. The summed E-state index contributed by atoms with van der Waals surface area (Å²) in [6.07, 6.45) is 4.06. The third-order valence-electron chi connectivity index (χ3n) is 6.96. The van der Waals surface area contributed by atoms with E-state index in [9.17, 15) is 18.0 Å². The maximum Gasteiger partial charge on any atom is 0.256 e. The average molecular weight is 510 g/mol. The van der Waals surface area contributed by atoms with Crippen LogP contribution < -0.4 is 10.7 Å². The van der Waals surface area contributed by atoms with Crippen LogP contribution in [0.5, 0.6) is 0 Å². The van der Waals surface area contributed by atoms with E-state index in [-0.39, 0.29) is 33.7 Å². The minimum absolute atomic E-state index is 0.00586. The number of carbonyl (C=O) groups excluding carboxylic acids is 1. The van der Waals surface area contributed by atoms with E-state index in [1.54, 1.807) is 23.7 Å². The number of fused-ring (bicyclic) bond motifs is 1. The number of piperidine rings is 1. The SMILES string of the molecule is C[C@@H]1C[C@@H](C)CN(S(=O)(=O)c2ccc3c(c2)c(=O)c(C(=O)N[C@@H](C)CCc2ccccc2)cn3C)C1. The molecule has 0 bridgehead atoms. The van der Waals surface area contributed by atoms with E-state index < -0.39 is 21.4 Å². The molecular weight excluding hydrogens is 474 g/mol. The molecule has 8 heteroatoms. The Bertz CT molecular complexity index is 1410. The molecule has 7 nitrogen and oxygen atoms in total. The van der Waals surface area contributed by atoms with E-state index in [0.29, 0.717) is 18.6 Å². The molecule has 0 unspecified atom stereocenters. The molecule has 0 radical (unpaired) electrons. The zero-order valence-electron chi connectivity index (χ0n) is 21.4. The van der Waals surface area contributed by atoms with Gasteiger partial charge in [-0.15, -0.1) is 0 Å². The number of hydrogen-bond donors (Lipinski definition) is 1. The number of carbonyl (C=O) groups is 1. The van der Waals surface area contributed by atoms with E-state index in [2.05, 4.69) is 19.2 Å². The molecule has 2 aromatic carbocycles. The summed E-state index contributed by atoms with van der Waals surface area (Å²) in [6.45, 7) is 6.95. The second-order valence-electron chi connectivity index (χ2n) is 10.3. The van der Waals surface area contributed by atoms with Crippen LogP contribution in [-0.2, 0) is 23.5 Å². The van der Waals surface area contributed by atoms with Crippen LogP contribution >= 0.6 is 0 Å². The fourth-order valence-corrected chi connectivity index (χ4v) is 6.85. The maximum absolute atomic E-state index is 13.4. The van der Waals surface area contributed by atoms with Crippen LogP contribution in [0.15, 0.2) is 64.4 Å². The Hall–Kier alpha value is -2.97. The Labute approximate surface area is 213 Å². The summed E-state index contributed by atoms with van der Waals surface area (Å²) in [4.78, 5) is 26.5. The molecule has 0 aliphatic carbocycles. The molecule has 36 heavy (non-hydrogen) atoms. The van der Waals surface area contributed by atoms with Gasteiger partial charge in [-0.1, -0.05) is 44.2 Å². The van der Waals surface area contributed by atoms with Crippen LogP contribution in [0.25, 0.3) is 10.9 Å². The molecule has 3 aromatic rings. The summed E-state index contributed by atoms with van der Waals surface area (Å²) in [7, 11) is -2.00. The van der Waals surface area contributed by atoms with E-state index in [0.717, 1.165) is 19.3 Å². The highest BCUT2D eigenvalue weighted by molar-refractivity contribution is 7.89. The van der Waals surface area contributed by atoms with Gasteiger partial charge in [0.25, 0.3) is 5.91 Å². The molecule has 1 aliphatic rings. The van der Waals surface area contributed by atoms with Crippen LogP contribution in [-0.4, -0.2) is 42.3 Å². The van der Waals surface area contributed by atoms with Crippen molar-refractivity contribution in [3.8, 4) is 0 Å². The quantitative estimate of drug-likeness (QED) is 0.522. The Kier molecular flexibility index (Phi) is 7.66. The van der Waals surface area contributed by atoms with Crippen molar-refractivity contribution in [3.05, 3.63) is 76.1 Å². The predicted octanol–water partition coefficient (Wildman–Crippen LogP) is 3.96. The molecule has 2 heterocycles. The van der Waals surface area contributed by atoms with Crippen LogP contribution in [0.1, 0.15) is 49.5 Å². The minimum atomic E-state index is -3.75. The molecule has 1 amide bonds. The maximum atomic E-state index is 13.4. The van der Waals surface area contributed by atoms with Gasteiger partial charge in [-0.3, -0.25) is 9.59 Å². The fourth-order valence-electron chi connectivity index (χ4n) is 5.15. The highest BCUT2D eigenvalue weighted by Crippen LogP contribution is 2.28. The van der Waals surface area contributed by atoms with Gasteiger partial charge in [0.15, 0.2) is 0 Å². The van der Waals surface area contributed by atoms with Gasteiger partial charge in [0.2, 0.25) is 15.5 Å². The molecular formula is C28H35N3O4S. The number of nitrogens with zero attached hydrogens (tertiary/aromatic N) is 2. The molecule has 1 N–H and O–H groups in total. The Morgan fingerprint density at radius 1 is 1.08 bits per heavy atom. The van der Waals surface area contributed by atoms with Crippen molar-refractivity contribution in [3.63, 3.8) is 0 Å². The van der Waals surface area contributed by atoms with Crippen LogP contribution in [0.4, 0.5) is 0 Å². The van der Waals surface area contributed by atoms with E-state index in [1.807, 2.05) is 37.3 Å². The first-order valence-corrected chi connectivity index (χ1v) is 14.0. The lowest BCUT2D eigenvalue weighted by atomic mass is 9.94. The second kappa shape index (κ2) is 10.6. The molecule has 1 aromatic heterocycles. The largest absolute Gasteiger partial charge is 0.350 e. The number of rotatable bonds is 7. The average Bonchev–Trinajstić information content (AvgIpc) is 2.84. The van der Waals surface area contributed by atoms with Crippen molar-refractivity contribution in [1.82, 2.24) is 14.2 Å². The van der Waals surface area contributed by atoms with Crippen molar-refractivity contribution in [2.45, 2.75) is 51.0 Å². The first-order chi connectivity index (χ1) is 17.1. The summed E-state index contributed by atoms with van der Waals surface area (Å²) in [5.41, 5.74) is 1.30. The predicted molar refractivity (Wildman–Crippen MR) is 143 cm³/mol. The van der Waals surface area contributed by atoms with Crippen molar-refractivity contribution in [2.24, 2.45) is 18.9 Å². The van der Waals surface area contributed by atoms with Crippen LogP contribution in [0.2, 0.25) is 0 Å².